The summed E-state index contributed by atoms with van der Waals surface area (Å²) in [4.78, 5) is 10.9. The Labute approximate surface area is 67.3 Å². The summed E-state index contributed by atoms with van der Waals surface area (Å²) in [7, 11) is 0. The van der Waals surface area contributed by atoms with Gasteiger partial charge in [-0.05, 0) is 6.92 Å². The van der Waals surface area contributed by atoms with Crippen molar-refractivity contribution in [3.05, 3.63) is 0 Å². The Morgan fingerprint density at radius 1 is 1.82 bits per heavy atom. The lowest BCUT2D eigenvalue weighted by molar-refractivity contribution is -0.121. The van der Waals surface area contributed by atoms with Crippen molar-refractivity contribution in [2.75, 3.05) is 6.54 Å². The summed E-state index contributed by atoms with van der Waals surface area (Å²) in [6.45, 7) is 2.34. The second-order valence-corrected chi connectivity index (χ2v) is 2.49. The molecule has 0 aliphatic heterocycles. The minimum Gasteiger partial charge on any atom is -0.355 e. The second-order valence-electron chi connectivity index (χ2n) is 2.49. The fraction of sp³-hybridized carbons (Fsp3) is 0.625. The molecule has 0 saturated heterocycles. The lowest BCUT2D eigenvalue weighted by Gasteiger charge is -2.04. The maximum atomic E-state index is 10.9. The van der Waals surface area contributed by atoms with E-state index in [0.29, 0.717) is 19.4 Å². The highest BCUT2D eigenvalue weighted by atomic mass is 16.1. The van der Waals surface area contributed by atoms with Crippen molar-refractivity contribution in [2.24, 2.45) is 5.73 Å². The van der Waals surface area contributed by atoms with Gasteiger partial charge >= 0.3 is 0 Å². The van der Waals surface area contributed by atoms with Crippen molar-refractivity contribution < 1.29 is 4.79 Å². The monoisotopic (exact) mass is 154 g/mol. The molecule has 0 bridgehead atoms. The van der Waals surface area contributed by atoms with Crippen molar-refractivity contribution in [2.45, 2.75) is 25.8 Å². The first-order chi connectivity index (χ1) is 5.16. The number of carbonyl (C=O) groups is 1. The normalized spacial score (nSPS) is 11.7. The van der Waals surface area contributed by atoms with Crippen LogP contribution < -0.4 is 11.1 Å². The third kappa shape index (κ3) is 6.88. The van der Waals surface area contributed by atoms with Gasteiger partial charge in [0.15, 0.2) is 0 Å². The summed E-state index contributed by atoms with van der Waals surface area (Å²) in [6.07, 6.45) is 5.93. The Bertz CT molecular complexity index is 158. The third-order valence-electron chi connectivity index (χ3n) is 1.10. The lowest BCUT2D eigenvalue weighted by Crippen LogP contribution is -2.30. The van der Waals surface area contributed by atoms with Crippen molar-refractivity contribution in [3.8, 4) is 12.3 Å². The lowest BCUT2D eigenvalue weighted by atomic mass is 10.2. The molecular formula is C8H14N2O. The van der Waals surface area contributed by atoms with Gasteiger partial charge in [0, 0.05) is 25.4 Å². The van der Waals surface area contributed by atoms with Gasteiger partial charge < -0.3 is 11.1 Å². The first-order valence-corrected chi connectivity index (χ1v) is 3.62. The average molecular weight is 154 g/mol. The van der Waals surface area contributed by atoms with Crippen LogP contribution in [0.3, 0.4) is 0 Å². The zero-order valence-corrected chi connectivity index (χ0v) is 6.76. The molecular weight excluding hydrogens is 140 g/mol. The van der Waals surface area contributed by atoms with Crippen LogP contribution in [0.1, 0.15) is 19.8 Å². The van der Waals surface area contributed by atoms with Gasteiger partial charge in [0.1, 0.15) is 0 Å². The average Bonchev–Trinajstić information content (AvgIpc) is 1.86. The highest BCUT2D eigenvalue weighted by molar-refractivity contribution is 5.76. The van der Waals surface area contributed by atoms with E-state index in [4.69, 9.17) is 12.2 Å². The Kier molecular flexibility index (Phi) is 5.22. The third-order valence-corrected chi connectivity index (χ3v) is 1.10. The van der Waals surface area contributed by atoms with Gasteiger partial charge in [0.05, 0.1) is 0 Å². The standard InChI is InChI=1S/C8H14N2O/c1-3-4-5-10-8(11)6-7(2)9/h1,7H,4-6,9H2,2H3,(H,10,11). The first-order valence-electron chi connectivity index (χ1n) is 3.62. The topological polar surface area (TPSA) is 55.1 Å². The summed E-state index contributed by atoms with van der Waals surface area (Å²) in [5.74, 6) is 2.40. The minimum absolute atomic E-state index is 0.0322. The van der Waals surface area contributed by atoms with Crippen molar-refractivity contribution in [3.63, 3.8) is 0 Å². The van der Waals surface area contributed by atoms with Crippen LogP contribution in [0.5, 0.6) is 0 Å². The van der Waals surface area contributed by atoms with E-state index < -0.39 is 0 Å². The number of rotatable bonds is 4. The van der Waals surface area contributed by atoms with Crippen molar-refractivity contribution in [1.29, 1.82) is 0 Å². The molecule has 3 N–H and O–H groups in total. The second kappa shape index (κ2) is 5.75. The van der Waals surface area contributed by atoms with E-state index in [0.717, 1.165) is 0 Å². The van der Waals surface area contributed by atoms with Gasteiger partial charge in [-0.15, -0.1) is 12.3 Å². The number of terminal acetylenes is 1. The molecule has 0 spiro atoms. The number of nitrogens with two attached hydrogens (primary N) is 1. The number of carbonyl (C=O) groups excluding carboxylic acids is 1. The van der Waals surface area contributed by atoms with E-state index in [2.05, 4.69) is 11.2 Å². The van der Waals surface area contributed by atoms with Gasteiger partial charge in [0.25, 0.3) is 0 Å². The fourth-order valence-corrected chi connectivity index (χ4v) is 0.639. The van der Waals surface area contributed by atoms with Gasteiger partial charge in [-0.25, -0.2) is 0 Å². The van der Waals surface area contributed by atoms with Crippen LogP contribution in [0, 0.1) is 12.3 Å². The molecule has 0 fully saturated rings. The Hall–Kier alpha value is -1.01. The summed E-state index contributed by atoms with van der Waals surface area (Å²) < 4.78 is 0. The van der Waals surface area contributed by atoms with Crippen LogP contribution in [-0.2, 0) is 4.79 Å². The number of amides is 1. The maximum Gasteiger partial charge on any atom is 0.221 e. The molecule has 1 amide bonds. The summed E-state index contributed by atoms with van der Waals surface area (Å²) in [5.41, 5.74) is 5.40. The molecule has 3 heteroatoms. The van der Waals surface area contributed by atoms with Gasteiger partial charge in [-0.2, -0.15) is 0 Å². The number of nitrogens with one attached hydrogen (secondary N) is 1. The van der Waals surface area contributed by atoms with E-state index in [9.17, 15) is 4.79 Å². The fourth-order valence-electron chi connectivity index (χ4n) is 0.639. The van der Waals surface area contributed by atoms with Gasteiger partial charge in [-0.3, -0.25) is 4.79 Å². The van der Waals surface area contributed by atoms with E-state index in [1.807, 2.05) is 0 Å². The van der Waals surface area contributed by atoms with Crippen LogP contribution in [0.4, 0.5) is 0 Å². The molecule has 0 aromatic rings. The maximum absolute atomic E-state index is 10.9. The predicted octanol–water partition coefficient (Wildman–Crippen LogP) is -0.137. The molecule has 0 heterocycles. The van der Waals surface area contributed by atoms with Crippen LogP contribution in [0.2, 0.25) is 0 Å². The van der Waals surface area contributed by atoms with Crippen LogP contribution in [-0.4, -0.2) is 18.5 Å². The minimum atomic E-state index is -0.0826. The smallest absolute Gasteiger partial charge is 0.221 e. The molecule has 0 aromatic carbocycles. The molecule has 11 heavy (non-hydrogen) atoms. The number of hydrogen-bond donors (Lipinski definition) is 2. The van der Waals surface area contributed by atoms with E-state index in [-0.39, 0.29) is 11.9 Å². The van der Waals surface area contributed by atoms with Crippen LogP contribution in [0.25, 0.3) is 0 Å². The molecule has 0 aliphatic carbocycles. The molecule has 1 unspecified atom stereocenters. The first kappa shape index (κ1) is 9.99. The molecule has 0 radical (unpaired) electrons. The van der Waals surface area contributed by atoms with Crippen molar-refractivity contribution in [1.82, 2.24) is 5.32 Å². The molecule has 3 nitrogen and oxygen atoms in total. The van der Waals surface area contributed by atoms with Crippen LogP contribution in [0.15, 0.2) is 0 Å². The molecule has 0 aliphatic rings. The molecule has 0 saturated carbocycles. The molecule has 62 valence electrons. The SMILES string of the molecule is C#CCCNC(=O)CC(C)N. The van der Waals surface area contributed by atoms with Gasteiger partial charge in [0.2, 0.25) is 5.91 Å². The number of hydrogen-bond acceptors (Lipinski definition) is 2. The molecule has 0 aromatic heterocycles. The quantitative estimate of drug-likeness (QED) is 0.437. The van der Waals surface area contributed by atoms with E-state index in [1.165, 1.54) is 0 Å². The zero-order valence-electron chi connectivity index (χ0n) is 6.76. The highest BCUT2D eigenvalue weighted by Gasteiger charge is 2.02. The van der Waals surface area contributed by atoms with E-state index >= 15 is 0 Å². The van der Waals surface area contributed by atoms with Crippen molar-refractivity contribution >= 4 is 5.91 Å². The van der Waals surface area contributed by atoms with Crippen LogP contribution >= 0.6 is 0 Å². The predicted molar refractivity (Wildman–Crippen MR) is 44.7 cm³/mol. The highest BCUT2D eigenvalue weighted by Crippen LogP contribution is 1.84. The van der Waals surface area contributed by atoms with Gasteiger partial charge in [-0.1, -0.05) is 0 Å². The Morgan fingerprint density at radius 3 is 2.91 bits per heavy atom. The zero-order chi connectivity index (χ0) is 8.69. The van der Waals surface area contributed by atoms with E-state index in [1.54, 1.807) is 6.92 Å². The summed E-state index contributed by atoms with van der Waals surface area (Å²) >= 11 is 0. The Balaban J connectivity index is 3.32. The summed E-state index contributed by atoms with van der Waals surface area (Å²) in [6, 6.07) is -0.0826. The largest absolute Gasteiger partial charge is 0.355 e. The summed E-state index contributed by atoms with van der Waals surface area (Å²) in [5, 5.41) is 2.65. The Morgan fingerprint density at radius 2 is 2.45 bits per heavy atom. The molecule has 0 rings (SSSR count). The molecule has 1 atom stereocenters.